The molecule has 0 saturated carbocycles. The molecule has 6 heteroatoms. The lowest BCUT2D eigenvalue weighted by Crippen LogP contribution is -1.85. The van der Waals surface area contributed by atoms with Gasteiger partial charge in [-0.05, 0) is 6.07 Å². The molecular formula is C9H7N5O. The van der Waals surface area contributed by atoms with Crippen LogP contribution < -0.4 is 5.73 Å². The van der Waals surface area contributed by atoms with Crippen molar-refractivity contribution in [2.45, 2.75) is 0 Å². The smallest absolute Gasteiger partial charge is 0.181 e. The van der Waals surface area contributed by atoms with Gasteiger partial charge in [0, 0.05) is 0 Å². The highest BCUT2D eigenvalue weighted by molar-refractivity contribution is 5.90. The van der Waals surface area contributed by atoms with Gasteiger partial charge in [0.1, 0.15) is 5.69 Å². The predicted octanol–water partition coefficient (Wildman–Crippen LogP) is 1.20. The molecule has 0 aliphatic carbocycles. The number of pyridine rings is 1. The summed E-state index contributed by atoms with van der Waals surface area (Å²) in [7, 11) is 0. The monoisotopic (exact) mass is 201 g/mol. The standard InChI is InChI=1S/C9H7N5O/c10-5-1-6-8(7-3-11-4-15-7)13-14-9(6)12-2-5/h1-4H,10H2,(H,12,13,14). The summed E-state index contributed by atoms with van der Waals surface area (Å²) in [5, 5.41) is 7.70. The maximum Gasteiger partial charge on any atom is 0.181 e. The molecule has 0 aliphatic rings. The van der Waals surface area contributed by atoms with Crippen LogP contribution in [-0.4, -0.2) is 20.2 Å². The van der Waals surface area contributed by atoms with Crippen LogP contribution >= 0.6 is 0 Å². The molecule has 0 spiro atoms. The van der Waals surface area contributed by atoms with E-state index in [0.717, 1.165) is 11.1 Å². The molecule has 3 aromatic heterocycles. The maximum atomic E-state index is 5.65. The van der Waals surface area contributed by atoms with Gasteiger partial charge in [0.2, 0.25) is 0 Å². The molecule has 0 amide bonds. The van der Waals surface area contributed by atoms with Gasteiger partial charge in [0.05, 0.1) is 23.5 Å². The third kappa shape index (κ3) is 1.15. The third-order valence-electron chi connectivity index (χ3n) is 2.11. The van der Waals surface area contributed by atoms with E-state index in [1.165, 1.54) is 6.39 Å². The zero-order valence-electron chi connectivity index (χ0n) is 7.64. The molecule has 3 aromatic rings. The Labute approximate surface area is 84.1 Å². The summed E-state index contributed by atoms with van der Waals surface area (Å²) in [4.78, 5) is 7.92. The number of nitrogens with zero attached hydrogens (tertiary/aromatic N) is 3. The van der Waals surface area contributed by atoms with Crippen molar-refractivity contribution in [1.82, 2.24) is 20.2 Å². The SMILES string of the molecule is Nc1cnc2n[nH]c(-c3cnco3)c2c1. The zero-order chi connectivity index (χ0) is 10.3. The average Bonchev–Trinajstić information content (AvgIpc) is 2.83. The fourth-order valence-electron chi connectivity index (χ4n) is 1.44. The second kappa shape index (κ2) is 2.81. The molecule has 0 bridgehead atoms. The topological polar surface area (TPSA) is 93.6 Å². The van der Waals surface area contributed by atoms with Gasteiger partial charge in [-0.1, -0.05) is 0 Å². The molecule has 0 atom stereocenters. The van der Waals surface area contributed by atoms with Crippen molar-refractivity contribution in [2.75, 3.05) is 5.73 Å². The fourth-order valence-corrected chi connectivity index (χ4v) is 1.44. The molecule has 6 nitrogen and oxygen atoms in total. The highest BCUT2D eigenvalue weighted by atomic mass is 16.3. The van der Waals surface area contributed by atoms with E-state index in [1.807, 2.05) is 0 Å². The normalized spacial score (nSPS) is 10.9. The quantitative estimate of drug-likeness (QED) is 0.616. The van der Waals surface area contributed by atoms with E-state index in [1.54, 1.807) is 18.5 Å². The molecule has 0 fully saturated rings. The highest BCUT2D eigenvalue weighted by Crippen LogP contribution is 2.25. The number of nitrogen functional groups attached to an aromatic ring is 1. The number of aromatic nitrogens is 4. The van der Waals surface area contributed by atoms with Crippen LogP contribution in [-0.2, 0) is 0 Å². The van der Waals surface area contributed by atoms with E-state index in [4.69, 9.17) is 10.2 Å². The van der Waals surface area contributed by atoms with Crippen LogP contribution in [0.3, 0.4) is 0 Å². The Balaban J connectivity index is 2.32. The van der Waals surface area contributed by atoms with Crippen LogP contribution in [0.2, 0.25) is 0 Å². The van der Waals surface area contributed by atoms with Crippen molar-refractivity contribution in [3.05, 3.63) is 24.9 Å². The first-order valence-electron chi connectivity index (χ1n) is 4.33. The number of nitrogens with two attached hydrogens (primary N) is 1. The first-order valence-corrected chi connectivity index (χ1v) is 4.33. The molecule has 3 N–H and O–H groups in total. The number of hydrogen-bond acceptors (Lipinski definition) is 5. The fraction of sp³-hybridized carbons (Fsp3) is 0. The number of anilines is 1. The van der Waals surface area contributed by atoms with Gasteiger partial charge >= 0.3 is 0 Å². The Morgan fingerprint density at radius 3 is 3.07 bits per heavy atom. The summed E-state index contributed by atoms with van der Waals surface area (Å²) < 4.78 is 5.17. The van der Waals surface area contributed by atoms with Crippen molar-refractivity contribution >= 4 is 16.7 Å². The van der Waals surface area contributed by atoms with Gasteiger partial charge in [-0.2, -0.15) is 5.10 Å². The van der Waals surface area contributed by atoms with E-state index in [0.29, 0.717) is 17.1 Å². The lowest BCUT2D eigenvalue weighted by atomic mass is 10.2. The van der Waals surface area contributed by atoms with E-state index < -0.39 is 0 Å². The van der Waals surface area contributed by atoms with Gasteiger partial charge < -0.3 is 10.2 Å². The van der Waals surface area contributed by atoms with Crippen LogP contribution in [0.4, 0.5) is 5.69 Å². The largest absolute Gasteiger partial charge is 0.442 e. The van der Waals surface area contributed by atoms with Crippen molar-refractivity contribution in [3.63, 3.8) is 0 Å². The Bertz CT molecular complexity index is 598. The molecule has 15 heavy (non-hydrogen) atoms. The van der Waals surface area contributed by atoms with Crippen LogP contribution in [0, 0.1) is 0 Å². The zero-order valence-corrected chi connectivity index (χ0v) is 7.64. The Hall–Kier alpha value is -2.37. The maximum absolute atomic E-state index is 5.65. The van der Waals surface area contributed by atoms with Gasteiger partial charge in [0.15, 0.2) is 17.8 Å². The minimum atomic E-state index is 0.588. The average molecular weight is 201 g/mol. The van der Waals surface area contributed by atoms with Crippen LogP contribution in [0.1, 0.15) is 0 Å². The van der Waals surface area contributed by atoms with Crippen molar-refractivity contribution in [3.8, 4) is 11.5 Å². The second-order valence-corrected chi connectivity index (χ2v) is 3.10. The molecule has 0 radical (unpaired) electrons. The van der Waals surface area contributed by atoms with Crippen molar-refractivity contribution in [1.29, 1.82) is 0 Å². The molecular weight excluding hydrogens is 194 g/mol. The van der Waals surface area contributed by atoms with Crippen molar-refractivity contribution in [2.24, 2.45) is 0 Å². The third-order valence-corrected chi connectivity index (χ3v) is 2.11. The number of H-pyrrole nitrogens is 1. The molecule has 3 heterocycles. The molecule has 0 saturated heterocycles. The second-order valence-electron chi connectivity index (χ2n) is 3.10. The van der Waals surface area contributed by atoms with Gasteiger partial charge in [-0.25, -0.2) is 9.97 Å². The highest BCUT2D eigenvalue weighted by Gasteiger charge is 2.11. The molecule has 0 unspecified atom stereocenters. The van der Waals surface area contributed by atoms with Gasteiger partial charge in [-0.3, -0.25) is 5.10 Å². The Morgan fingerprint density at radius 2 is 2.27 bits per heavy atom. The predicted molar refractivity (Wildman–Crippen MR) is 53.8 cm³/mol. The lowest BCUT2D eigenvalue weighted by molar-refractivity contribution is 0.570. The minimum Gasteiger partial charge on any atom is -0.442 e. The summed E-state index contributed by atoms with van der Waals surface area (Å²) in [6, 6.07) is 1.80. The summed E-state index contributed by atoms with van der Waals surface area (Å²) in [6.07, 6.45) is 4.53. The lowest BCUT2D eigenvalue weighted by Gasteiger charge is -1.93. The van der Waals surface area contributed by atoms with E-state index in [9.17, 15) is 0 Å². The number of nitrogens with one attached hydrogen (secondary N) is 1. The van der Waals surface area contributed by atoms with Gasteiger partial charge in [-0.15, -0.1) is 0 Å². The summed E-state index contributed by atoms with van der Waals surface area (Å²) in [5.74, 6) is 0.616. The van der Waals surface area contributed by atoms with Crippen molar-refractivity contribution < 1.29 is 4.42 Å². The number of fused-ring (bicyclic) bond motifs is 1. The van der Waals surface area contributed by atoms with Gasteiger partial charge in [0.25, 0.3) is 0 Å². The van der Waals surface area contributed by atoms with Crippen LogP contribution in [0.5, 0.6) is 0 Å². The molecule has 0 aromatic carbocycles. The molecule has 74 valence electrons. The molecule has 3 rings (SSSR count). The summed E-state index contributed by atoms with van der Waals surface area (Å²) in [6.45, 7) is 0. The first-order chi connectivity index (χ1) is 7.34. The van der Waals surface area contributed by atoms with E-state index in [-0.39, 0.29) is 0 Å². The number of rotatable bonds is 1. The van der Waals surface area contributed by atoms with E-state index in [2.05, 4.69) is 20.2 Å². The first kappa shape index (κ1) is 7.98. The summed E-state index contributed by atoms with van der Waals surface area (Å²) >= 11 is 0. The number of aromatic amines is 1. The number of hydrogen-bond donors (Lipinski definition) is 2. The van der Waals surface area contributed by atoms with Crippen LogP contribution in [0.15, 0.2) is 29.3 Å². The molecule has 0 aliphatic heterocycles. The Kier molecular flexibility index (Phi) is 1.49. The Morgan fingerprint density at radius 1 is 1.33 bits per heavy atom. The number of oxazole rings is 1. The van der Waals surface area contributed by atoms with E-state index >= 15 is 0 Å². The minimum absolute atomic E-state index is 0.588. The summed E-state index contributed by atoms with van der Waals surface area (Å²) in [5.41, 5.74) is 7.59. The van der Waals surface area contributed by atoms with Crippen LogP contribution in [0.25, 0.3) is 22.5 Å².